The molecule has 142 valence electrons. The number of rotatable bonds is 3. The Morgan fingerprint density at radius 2 is 1.48 bits per heavy atom. The average Bonchev–Trinajstić information content (AvgIpc) is 2.65. The summed E-state index contributed by atoms with van der Waals surface area (Å²) in [6.07, 6.45) is 4.55. The normalized spacial score (nSPS) is 17.9. The van der Waals surface area contributed by atoms with E-state index < -0.39 is 5.91 Å². The number of carbonyl (C=O) groups is 1. The number of allylic oxidation sites excluding steroid dienone is 1. The number of hydrogen-bond acceptors (Lipinski definition) is 2. The lowest BCUT2D eigenvalue weighted by Crippen LogP contribution is -2.33. The van der Waals surface area contributed by atoms with Crippen molar-refractivity contribution in [2.45, 2.75) is 58.3 Å². The standard InChI is InChI=1S/C24H29NO2/c1-16(14-17-6-8-18(9-7-17)22(26)25-27)19-10-11-20-21(15-19)24(4,5)13-12-23(20,2)3/h6-11,14-15,27H,12-13H2,1-5H3,(H,25,26). The minimum atomic E-state index is -0.498. The van der Waals surface area contributed by atoms with E-state index in [1.165, 1.54) is 35.1 Å². The van der Waals surface area contributed by atoms with E-state index in [0.717, 1.165) is 5.56 Å². The van der Waals surface area contributed by atoms with Gasteiger partial charge in [-0.1, -0.05) is 64.1 Å². The molecular formula is C24H29NO2. The van der Waals surface area contributed by atoms with Gasteiger partial charge in [0.05, 0.1) is 0 Å². The molecule has 0 saturated heterocycles. The van der Waals surface area contributed by atoms with Crippen LogP contribution in [0.2, 0.25) is 0 Å². The van der Waals surface area contributed by atoms with E-state index in [1.54, 1.807) is 17.6 Å². The number of nitrogens with one attached hydrogen (secondary N) is 1. The lowest BCUT2D eigenvalue weighted by Gasteiger charge is -2.42. The van der Waals surface area contributed by atoms with Crippen molar-refractivity contribution in [3.8, 4) is 0 Å². The minimum absolute atomic E-state index is 0.195. The molecule has 0 radical (unpaired) electrons. The number of hydroxylamine groups is 1. The van der Waals surface area contributed by atoms with Gasteiger partial charge in [-0.3, -0.25) is 10.0 Å². The molecule has 0 fully saturated rings. The molecule has 1 amide bonds. The van der Waals surface area contributed by atoms with E-state index >= 15 is 0 Å². The molecule has 1 aliphatic carbocycles. The van der Waals surface area contributed by atoms with Gasteiger partial charge in [-0.2, -0.15) is 0 Å². The van der Waals surface area contributed by atoms with Gasteiger partial charge in [-0.15, -0.1) is 0 Å². The summed E-state index contributed by atoms with van der Waals surface area (Å²) in [5.41, 5.74) is 8.89. The number of benzene rings is 2. The molecule has 3 heteroatoms. The van der Waals surface area contributed by atoms with Crippen LogP contribution in [0.1, 0.15) is 80.1 Å². The van der Waals surface area contributed by atoms with Crippen LogP contribution in [-0.4, -0.2) is 11.1 Å². The molecule has 0 spiro atoms. The minimum Gasteiger partial charge on any atom is -0.288 e. The molecule has 0 aromatic heterocycles. The Morgan fingerprint density at radius 1 is 0.926 bits per heavy atom. The fourth-order valence-electron chi connectivity index (χ4n) is 3.96. The van der Waals surface area contributed by atoms with Gasteiger partial charge in [-0.25, -0.2) is 5.48 Å². The van der Waals surface area contributed by atoms with Crippen LogP contribution in [0.15, 0.2) is 42.5 Å². The summed E-state index contributed by atoms with van der Waals surface area (Å²) in [5.74, 6) is -0.498. The van der Waals surface area contributed by atoms with Crippen LogP contribution in [0, 0.1) is 0 Å². The first-order valence-electron chi connectivity index (χ1n) is 9.52. The lowest BCUT2D eigenvalue weighted by atomic mass is 9.63. The maximum Gasteiger partial charge on any atom is 0.274 e. The Hall–Kier alpha value is -2.39. The zero-order valence-corrected chi connectivity index (χ0v) is 16.9. The Kier molecular flexibility index (Phi) is 5.00. The summed E-state index contributed by atoms with van der Waals surface area (Å²) >= 11 is 0. The lowest BCUT2D eigenvalue weighted by molar-refractivity contribution is 0.0706. The third-order valence-corrected chi connectivity index (χ3v) is 5.97. The van der Waals surface area contributed by atoms with Gasteiger partial charge in [0.25, 0.3) is 5.91 Å². The van der Waals surface area contributed by atoms with Crippen LogP contribution in [0.5, 0.6) is 0 Å². The van der Waals surface area contributed by atoms with Crippen molar-refractivity contribution in [1.29, 1.82) is 0 Å². The third kappa shape index (κ3) is 3.84. The first kappa shape index (κ1) is 19.4. The van der Waals surface area contributed by atoms with Crippen LogP contribution in [0.3, 0.4) is 0 Å². The average molecular weight is 364 g/mol. The largest absolute Gasteiger partial charge is 0.288 e. The smallest absolute Gasteiger partial charge is 0.274 e. The zero-order chi connectivity index (χ0) is 19.8. The fourth-order valence-corrected chi connectivity index (χ4v) is 3.96. The molecule has 0 heterocycles. The predicted molar refractivity (Wildman–Crippen MR) is 111 cm³/mol. The Balaban J connectivity index is 1.95. The van der Waals surface area contributed by atoms with Gasteiger partial charge >= 0.3 is 0 Å². The van der Waals surface area contributed by atoms with Crippen molar-refractivity contribution in [1.82, 2.24) is 5.48 Å². The van der Waals surface area contributed by atoms with E-state index in [-0.39, 0.29) is 10.8 Å². The first-order chi connectivity index (χ1) is 12.6. The second-order valence-corrected chi connectivity index (χ2v) is 8.92. The van der Waals surface area contributed by atoms with E-state index in [1.807, 2.05) is 12.1 Å². The highest BCUT2D eigenvalue weighted by Gasteiger charge is 2.36. The SMILES string of the molecule is CC(=Cc1ccc(C(=O)NO)cc1)c1ccc2c(c1)C(C)(C)CCC2(C)C. The fraction of sp³-hybridized carbons (Fsp3) is 0.375. The Morgan fingerprint density at radius 3 is 2.07 bits per heavy atom. The molecule has 0 atom stereocenters. The molecule has 0 aliphatic heterocycles. The van der Waals surface area contributed by atoms with Gasteiger partial charge in [-0.05, 0) is 70.6 Å². The zero-order valence-electron chi connectivity index (χ0n) is 16.9. The summed E-state index contributed by atoms with van der Waals surface area (Å²) in [6.45, 7) is 11.5. The van der Waals surface area contributed by atoms with Gasteiger partial charge in [0.2, 0.25) is 0 Å². The highest BCUT2D eigenvalue weighted by Crippen LogP contribution is 2.46. The number of fused-ring (bicyclic) bond motifs is 1. The van der Waals surface area contributed by atoms with E-state index in [0.29, 0.717) is 5.56 Å². The second kappa shape index (κ2) is 6.97. The van der Waals surface area contributed by atoms with Crippen molar-refractivity contribution in [3.05, 3.63) is 70.3 Å². The van der Waals surface area contributed by atoms with Crippen LogP contribution in [0.25, 0.3) is 11.6 Å². The Labute approximate surface area is 162 Å². The van der Waals surface area contributed by atoms with E-state index in [9.17, 15) is 4.79 Å². The quantitative estimate of drug-likeness (QED) is 0.416. The highest BCUT2D eigenvalue weighted by atomic mass is 16.5. The Bertz CT molecular complexity index is 889. The monoisotopic (exact) mass is 363 g/mol. The molecule has 0 unspecified atom stereocenters. The molecule has 2 N–H and O–H groups in total. The van der Waals surface area contributed by atoms with Crippen LogP contribution in [0.4, 0.5) is 0 Å². The molecule has 2 aromatic rings. The molecule has 0 saturated carbocycles. The first-order valence-corrected chi connectivity index (χ1v) is 9.52. The number of carbonyl (C=O) groups excluding carboxylic acids is 1. The summed E-state index contributed by atoms with van der Waals surface area (Å²) in [5, 5.41) is 8.72. The molecule has 3 nitrogen and oxygen atoms in total. The predicted octanol–water partition coefficient (Wildman–Crippen LogP) is 5.72. The number of hydrogen-bond donors (Lipinski definition) is 2. The van der Waals surface area contributed by atoms with Crippen molar-refractivity contribution in [2.75, 3.05) is 0 Å². The maximum absolute atomic E-state index is 11.4. The topological polar surface area (TPSA) is 49.3 Å². The molecule has 2 aromatic carbocycles. The molecule has 1 aliphatic rings. The van der Waals surface area contributed by atoms with Crippen molar-refractivity contribution >= 4 is 17.6 Å². The molecular weight excluding hydrogens is 334 g/mol. The summed E-state index contributed by atoms with van der Waals surface area (Å²) in [6, 6.07) is 14.1. The van der Waals surface area contributed by atoms with E-state index in [2.05, 4.69) is 58.9 Å². The van der Waals surface area contributed by atoms with Crippen LogP contribution < -0.4 is 5.48 Å². The van der Waals surface area contributed by atoms with Gasteiger partial charge in [0.1, 0.15) is 0 Å². The second-order valence-electron chi connectivity index (χ2n) is 8.92. The molecule has 27 heavy (non-hydrogen) atoms. The summed E-state index contributed by atoms with van der Waals surface area (Å²) in [7, 11) is 0. The van der Waals surface area contributed by atoms with Crippen molar-refractivity contribution in [2.24, 2.45) is 0 Å². The van der Waals surface area contributed by atoms with Gasteiger partial charge in [0, 0.05) is 5.56 Å². The molecule has 3 rings (SSSR count). The highest BCUT2D eigenvalue weighted by molar-refractivity contribution is 5.93. The summed E-state index contributed by atoms with van der Waals surface area (Å²) < 4.78 is 0. The van der Waals surface area contributed by atoms with Crippen molar-refractivity contribution in [3.63, 3.8) is 0 Å². The number of amides is 1. The molecule has 0 bridgehead atoms. The maximum atomic E-state index is 11.4. The van der Waals surface area contributed by atoms with Crippen molar-refractivity contribution < 1.29 is 10.0 Å². The van der Waals surface area contributed by atoms with Crippen LogP contribution >= 0.6 is 0 Å². The van der Waals surface area contributed by atoms with Gasteiger partial charge < -0.3 is 0 Å². The third-order valence-electron chi connectivity index (χ3n) is 5.97. The van der Waals surface area contributed by atoms with Crippen LogP contribution in [-0.2, 0) is 10.8 Å². The van der Waals surface area contributed by atoms with Gasteiger partial charge in [0.15, 0.2) is 0 Å². The summed E-state index contributed by atoms with van der Waals surface area (Å²) in [4.78, 5) is 11.4. The van der Waals surface area contributed by atoms with E-state index in [4.69, 9.17) is 5.21 Å².